The van der Waals surface area contributed by atoms with Crippen LogP contribution >= 0.6 is 0 Å². The summed E-state index contributed by atoms with van der Waals surface area (Å²) >= 11 is 0. The van der Waals surface area contributed by atoms with Gasteiger partial charge in [-0.3, -0.25) is 0 Å². The average Bonchev–Trinajstić information content (AvgIpc) is 2.76. The average molecular weight is 235 g/mol. The molecule has 0 bridgehead atoms. The molecule has 0 radical (unpaired) electrons. The minimum Gasteiger partial charge on any atom is -0.495 e. The van der Waals surface area contributed by atoms with Crippen molar-refractivity contribution in [1.29, 1.82) is 0 Å². The van der Waals surface area contributed by atoms with Crippen molar-refractivity contribution in [2.24, 2.45) is 5.73 Å². The normalized spacial score (nSPS) is 21.6. The van der Waals surface area contributed by atoms with Gasteiger partial charge in [-0.05, 0) is 38.3 Å². The van der Waals surface area contributed by atoms with Gasteiger partial charge in [-0.1, -0.05) is 0 Å². The highest BCUT2D eigenvalue weighted by molar-refractivity contribution is 5.43. The van der Waals surface area contributed by atoms with Crippen LogP contribution in [0.15, 0.2) is 18.3 Å². The van der Waals surface area contributed by atoms with Crippen LogP contribution in [0.5, 0.6) is 5.75 Å². The van der Waals surface area contributed by atoms with Gasteiger partial charge in [0.2, 0.25) is 0 Å². The standard InChI is InChI=1S/C13H21N3O/c1-10(14)8-11-4-3-7-16(11)13-6-5-12(17-2)9-15-13/h5-6,9-11H,3-4,7-8,14H2,1-2H3. The summed E-state index contributed by atoms with van der Waals surface area (Å²) in [7, 11) is 1.66. The molecule has 1 saturated heterocycles. The number of anilines is 1. The van der Waals surface area contributed by atoms with Gasteiger partial charge in [-0.25, -0.2) is 4.98 Å². The molecule has 1 aromatic rings. The van der Waals surface area contributed by atoms with Crippen molar-refractivity contribution in [2.75, 3.05) is 18.6 Å². The zero-order valence-corrected chi connectivity index (χ0v) is 10.6. The van der Waals surface area contributed by atoms with Crippen LogP contribution in [-0.4, -0.2) is 30.7 Å². The van der Waals surface area contributed by atoms with Crippen LogP contribution in [0.2, 0.25) is 0 Å². The van der Waals surface area contributed by atoms with E-state index in [0.717, 1.165) is 24.5 Å². The highest BCUT2D eigenvalue weighted by atomic mass is 16.5. The topological polar surface area (TPSA) is 51.4 Å². The van der Waals surface area contributed by atoms with Gasteiger partial charge >= 0.3 is 0 Å². The molecule has 0 spiro atoms. The van der Waals surface area contributed by atoms with Crippen molar-refractivity contribution in [3.63, 3.8) is 0 Å². The largest absolute Gasteiger partial charge is 0.495 e. The minimum absolute atomic E-state index is 0.249. The summed E-state index contributed by atoms with van der Waals surface area (Å²) in [5.41, 5.74) is 5.89. The van der Waals surface area contributed by atoms with Gasteiger partial charge < -0.3 is 15.4 Å². The molecule has 2 heterocycles. The quantitative estimate of drug-likeness (QED) is 0.864. The lowest BCUT2D eigenvalue weighted by molar-refractivity contribution is 0.412. The third-order valence-corrected chi connectivity index (χ3v) is 3.27. The van der Waals surface area contributed by atoms with Crippen LogP contribution in [0.3, 0.4) is 0 Å². The van der Waals surface area contributed by atoms with E-state index in [1.54, 1.807) is 13.3 Å². The van der Waals surface area contributed by atoms with Gasteiger partial charge in [0.1, 0.15) is 11.6 Å². The van der Waals surface area contributed by atoms with Crippen molar-refractivity contribution >= 4 is 5.82 Å². The zero-order chi connectivity index (χ0) is 12.3. The maximum Gasteiger partial charge on any atom is 0.137 e. The van der Waals surface area contributed by atoms with E-state index in [0.29, 0.717) is 6.04 Å². The number of hydrogen-bond donors (Lipinski definition) is 1. The predicted molar refractivity (Wildman–Crippen MR) is 69.4 cm³/mol. The number of ether oxygens (including phenoxy) is 1. The lowest BCUT2D eigenvalue weighted by atomic mass is 10.1. The lowest BCUT2D eigenvalue weighted by Crippen LogP contribution is -2.34. The third kappa shape index (κ3) is 2.88. The molecule has 2 unspecified atom stereocenters. The van der Waals surface area contributed by atoms with Gasteiger partial charge in [0.15, 0.2) is 0 Å². The Morgan fingerprint density at radius 3 is 3.00 bits per heavy atom. The van der Waals surface area contributed by atoms with Crippen molar-refractivity contribution < 1.29 is 4.74 Å². The summed E-state index contributed by atoms with van der Waals surface area (Å²) in [6, 6.07) is 4.77. The van der Waals surface area contributed by atoms with E-state index in [4.69, 9.17) is 10.5 Å². The van der Waals surface area contributed by atoms with Crippen LogP contribution in [0, 0.1) is 0 Å². The molecular formula is C13H21N3O. The Balaban J connectivity index is 2.08. The number of aromatic nitrogens is 1. The Morgan fingerprint density at radius 2 is 2.41 bits per heavy atom. The van der Waals surface area contributed by atoms with Gasteiger partial charge in [0.25, 0.3) is 0 Å². The van der Waals surface area contributed by atoms with Crippen LogP contribution in [0.4, 0.5) is 5.82 Å². The molecular weight excluding hydrogens is 214 g/mol. The highest BCUT2D eigenvalue weighted by Gasteiger charge is 2.26. The zero-order valence-electron chi connectivity index (χ0n) is 10.6. The summed E-state index contributed by atoms with van der Waals surface area (Å²) in [5, 5.41) is 0. The molecule has 94 valence electrons. The number of nitrogens with two attached hydrogens (primary N) is 1. The minimum atomic E-state index is 0.249. The molecule has 0 saturated carbocycles. The summed E-state index contributed by atoms with van der Waals surface area (Å²) < 4.78 is 5.12. The summed E-state index contributed by atoms with van der Waals surface area (Å²) in [6.07, 6.45) is 5.25. The second-order valence-electron chi connectivity index (χ2n) is 4.76. The molecule has 1 aliphatic rings. The maximum atomic E-state index is 5.89. The molecule has 1 aliphatic heterocycles. The summed E-state index contributed by atoms with van der Waals surface area (Å²) in [6.45, 7) is 3.15. The van der Waals surface area contributed by atoms with Gasteiger partial charge in [-0.2, -0.15) is 0 Å². The first-order valence-corrected chi connectivity index (χ1v) is 6.23. The maximum absolute atomic E-state index is 5.89. The van der Waals surface area contributed by atoms with Crippen molar-refractivity contribution in [1.82, 2.24) is 4.98 Å². The molecule has 4 nitrogen and oxygen atoms in total. The van der Waals surface area contributed by atoms with E-state index < -0.39 is 0 Å². The fraction of sp³-hybridized carbons (Fsp3) is 0.615. The predicted octanol–water partition coefficient (Wildman–Crippen LogP) is 1.80. The molecule has 4 heteroatoms. The second-order valence-corrected chi connectivity index (χ2v) is 4.76. The number of hydrogen-bond acceptors (Lipinski definition) is 4. The van der Waals surface area contributed by atoms with Gasteiger partial charge in [-0.15, -0.1) is 0 Å². The Morgan fingerprint density at radius 1 is 1.59 bits per heavy atom. The Labute approximate surface area is 103 Å². The number of rotatable bonds is 4. The molecule has 2 rings (SSSR count). The van der Waals surface area contributed by atoms with E-state index in [2.05, 4.69) is 16.8 Å². The molecule has 0 aliphatic carbocycles. The molecule has 0 amide bonds. The molecule has 1 fully saturated rings. The van der Waals surface area contributed by atoms with Gasteiger partial charge in [0, 0.05) is 18.6 Å². The monoisotopic (exact) mass is 235 g/mol. The smallest absolute Gasteiger partial charge is 0.137 e. The van der Waals surface area contributed by atoms with E-state index in [1.165, 1.54) is 12.8 Å². The van der Waals surface area contributed by atoms with Crippen molar-refractivity contribution in [2.45, 2.75) is 38.3 Å². The number of nitrogens with zero attached hydrogens (tertiary/aromatic N) is 2. The summed E-state index contributed by atoms with van der Waals surface area (Å²) in [5.74, 6) is 1.84. The first-order chi connectivity index (χ1) is 8.20. The first kappa shape index (κ1) is 12.2. The summed E-state index contributed by atoms with van der Waals surface area (Å²) in [4.78, 5) is 6.81. The molecule has 2 atom stereocenters. The number of pyridine rings is 1. The molecule has 17 heavy (non-hydrogen) atoms. The Hall–Kier alpha value is -1.29. The first-order valence-electron chi connectivity index (χ1n) is 6.23. The van der Waals surface area contributed by atoms with Crippen molar-refractivity contribution in [3.8, 4) is 5.75 Å². The van der Waals surface area contributed by atoms with Crippen LogP contribution < -0.4 is 15.4 Å². The number of methoxy groups -OCH3 is 1. The van der Waals surface area contributed by atoms with Crippen LogP contribution in [0.1, 0.15) is 26.2 Å². The lowest BCUT2D eigenvalue weighted by Gasteiger charge is -2.27. The van der Waals surface area contributed by atoms with Crippen molar-refractivity contribution in [3.05, 3.63) is 18.3 Å². The fourth-order valence-electron chi connectivity index (χ4n) is 2.47. The SMILES string of the molecule is COc1ccc(N2CCCC2CC(C)N)nc1. The Kier molecular flexibility index (Phi) is 3.84. The van der Waals surface area contributed by atoms with Crippen LogP contribution in [-0.2, 0) is 0 Å². The second kappa shape index (κ2) is 5.36. The molecule has 0 aromatic carbocycles. The van der Waals surface area contributed by atoms with Crippen LogP contribution in [0.25, 0.3) is 0 Å². The molecule has 1 aromatic heterocycles. The molecule has 2 N–H and O–H groups in total. The third-order valence-electron chi connectivity index (χ3n) is 3.27. The van der Waals surface area contributed by atoms with E-state index in [-0.39, 0.29) is 6.04 Å². The van der Waals surface area contributed by atoms with E-state index in [9.17, 15) is 0 Å². The Bertz CT molecular complexity index is 350. The van der Waals surface area contributed by atoms with E-state index >= 15 is 0 Å². The van der Waals surface area contributed by atoms with E-state index in [1.807, 2.05) is 12.1 Å². The highest BCUT2D eigenvalue weighted by Crippen LogP contribution is 2.27. The van der Waals surface area contributed by atoms with Gasteiger partial charge in [0.05, 0.1) is 13.3 Å². The fourth-order valence-corrected chi connectivity index (χ4v) is 2.47.